The summed E-state index contributed by atoms with van der Waals surface area (Å²) in [5, 5.41) is 29.6. The molecule has 0 aliphatic carbocycles. The molecule has 12 nitrogen and oxygen atoms in total. The second-order valence-electron chi connectivity index (χ2n) is 3.68. The molecule has 3 aromatic rings. The molecular weight excluding hydrogens is 335 g/mol. The first kappa shape index (κ1) is 21.1. The Morgan fingerprint density at radius 2 is 0.880 bits per heavy atom. The number of hydrogen-bond acceptors (Lipinski definition) is 9. The first-order valence-corrected chi connectivity index (χ1v) is 6.04. The van der Waals surface area contributed by atoms with Gasteiger partial charge in [-0.3, -0.25) is 0 Å². The number of nitrogens with one attached hydrogen (secondary N) is 3. The maximum Gasteiger partial charge on any atom is 3.00 e. The summed E-state index contributed by atoms with van der Waals surface area (Å²) in [6.45, 7) is 0. The van der Waals surface area contributed by atoms with Crippen molar-refractivity contribution in [1.82, 2.24) is 29.9 Å². The minimum absolute atomic E-state index is 0. The molecule has 0 spiro atoms. The molecule has 13 heteroatoms. The summed E-state index contributed by atoms with van der Waals surface area (Å²) in [6.07, 6.45) is 8.32. The Morgan fingerprint density at radius 3 is 0.960 bits per heavy atom. The third-order valence-electron chi connectivity index (χ3n) is 2.07. The number of rotatable bonds is 3. The number of aromatic carboxylic acids is 3. The SMILES string of the molecule is O=C([O-])c1ncc[nH]1.O=C([O-])c1ncc[nH]1.O=C([O-])c1ncc[nH]1.[B+3]. The van der Waals surface area contributed by atoms with E-state index in [1.165, 1.54) is 37.2 Å². The van der Waals surface area contributed by atoms with Crippen molar-refractivity contribution in [2.24, 2.45) is 0 Å². The second-order valence-corrected chi connectivity index (χ2v) is 3.68. The van der Waals surface area contributed by atoms with E-state index in [1.807, 2.05) is 0 Å². The van der Waals surface area contributed by atoms with E-state index in [4.69, 9.17) is 0 Å². The summed E-state index contributed by atoms with van der Waals surface area (Å²) in [7, 11) is 0. The van der Waals surface area contributed by atoms with Gasteiger partial charge in [-0.05, 0) is 0 Å². The van der Waals surface area contributed by atoms with Crippen LogP contribution in [0.1, 0.15) is 31.9 Å². The summed E-state index contributed by atoms with van der Waals surface area (Å²) < 4.78 is 0. The topological polar surface area (TPSA) is 206 Å². The zero-order valence-electron chi connectivity index (χ0n) is 12.3. The normalized spacial score (nSPS) is 8.64. The van der Waals surface area contributed by atoms with E-state index in [2.05, 4.69) is 29.9 Å². The fraction of sp³-hybridized carbons (Fsp3) is 0. The van der Waals surface area contributed by atoms with Gasteiger partial charge < -0.3 is 44.7 Å². The fourth-order valence-corrected chi connectivity index (χ4v) is 1.13. The molecule has 0 bridgehead atoms. The van der Waals surface area contributed by atoms with E-state index >= 15 is 0 Å². The predicted octanol–water partition coefficient (Wildman–Crippen LogP) is -4.06. The molecule has 3 N–H and O–H groups in total. The first-order valence-electron chi connectivity index (χ1n) is 6.04. The Bertz CT molecular complexity index is 651. The summed E-state index contributed by atoms with van der Waals surface area (Å²) >= 11 is 0. The Hall–Kier alpha value is -3.90. The van der Waals surface area contributed by atoms with Gasteiger partial charge in [-0.1, -0.05) is 0 Å². The zero-order valence-corrected chi connectivity index (χ0v) is 12.3. The molecule has 0 atom stereocenters. The molecule has 25 heavy (non-hydrogen) atoms. The number of carbonyl (C=O) groups is 3. The standard InChI is InChI=1S/3C4H4N2O2.B/c3*7-4(8)3-5-1-2-6-3;/h3*1-2H,(H,5,6)(H,7,8);/q;;;+3/p-3. The molecule has 0 saturated carbocycles. The van der Waals surface area contributed by atoms with Crippen LogP contribution in [-0.2, 0) is 0 Å². The van der Waals surface area contributed by atoms with Crippen molar-refractivity contribution in [2.75, 3.05) is 0 Å². The molecule has 0 aliphatic rings. The van der Waals surface area contributed by atoms with Crippen molar-refractivity contribution in [3.05, 3.63) is 54.7 Å². The molecule has 0 aliphatic heterocycles. The van der Waals surface area contributed by atoms with Gasteiger partial charge in [0.2, 0.25) is 0 Å². The molecule has 3 aromatic heterocycles. The van der Waals surface area contributed by atoms with Gasteiger partial charge in [-0.2, -0.15) is 0 Å². The first-order chi connectivity index (χ1) is 11.4. The molecule has 0 aromatic carbocycles. The monoisotopic (exact) mass is 344 g/mol. The Morgan fingerprint density at radius 1 is 0.640 bits per heavy atom. The van der Waals surface area contributed by atoms with E-state index in [0.717, 1.165) is 0 Å². The molecule has 126 valence electrons. The van der Waals surface area contributed by atoms with Gasteiger partial charge in [0, 0.05) is 37.2 Å². The molecular formula is C12H9BN6O6. The van der Waals surface area contributed by atoms with E-state index in [0.29, 0.717) is 0 Å². The zero-order chi connectivity index (χ0) is 17.9. The van der Waals surface area contributed by atoms with Crippen LogP contribution in [-0.4, -0.2) is 56.2 Å². The van der Waals surface area contributed by atoms with Crippen LogP contribution in [0.25, 0.3) is 0 Å². The molecule has 0 saturated heterocycles. The van der Waals surface area contributed by atoms with Gasteiger partial charge in [0.1, 0.15) is 17.9 Å². The van der Waals surface area contributed by atoms with Gasteiger partial charge in [0.25, 0.3) is 0 Å². The maximum atomic E-state index is 9.86. The largest absolute Gasteiger partial charge is 3.00 e. The molecule has 3 rings (SSSR count). The smallest absolute Gasteiger partial charge is 0.542 e. The van der Waals surface area contributed by atoms with E-state index in [1.54, 1.807) is 0 Å². The van der Waals surface area contributed by atoms with Crippen molar-refractivity contribution < 1.29 is 29.7 Å². The minimum atomic E-state index is -1.28. The number of imidazole rings is 3. The van der Waals surface area contributed by atoms with Crippen LogP contribution >= 0.6 is 0 Å². The summed E-state index contributed by atoms with van der Waals surface area (Å²) in [5.41, 5.74) is 0. The number of carboxylic acids is 3. The van der Waals surface area contributed by atoms with Crippen molar-refractivity contribution in [1.29, 1.82) is 0 Å². The van der Waals surface area contributed by atoms with Crippen molar-refractivity contribution in [3.63, 3.8) is 0 Å². The van der Waals surface area contributed by atoms with Gasteiger partial charge in [-0.15, -0.1) is 0 Å². The number of H-pyrrole nitrogens is 3. The van der Waals surface area contributed by atoms with E-state index in [-0.39, 0.29) is 25.9 Å². The van der Waals surface area contributed by atoms with Crippen LogP contribution in [0.5, 0.6) is 0 Å². The second kappa shape index (κ2) is 10.8. The number of aromatic amines is 3. The van der Waals surface area contributed by atoms with Crippen molar-refractivity contribution in [2.45, 2.75) is 0 Å². The summed E-state index contributed by atoms with van der Waals surface area (Å²) in [6, 6.07) is 0. The van der Waals surface area contributed by atoms with Crippen LogP contribution in [0.15, 0.2) is 37.2 Å². The Kier molecular flexibility index (Phi) is 9.09. The van der Waals surface area contributed by atoms with Crippen LogP contribution in [0.4, 0.5) is 0 Å². The van der Waals surface area contributed by atoms with Crippen LogP contribution in [0, 0.1) is 0 Å². The molecule has 0 radical (unpaired) electrons. The number of aromatic nitrogens is 6. The predicted molar refractivity (Wildman–Crippen MR) is 74.5 cm³/mol. The molecule has 0 amide bonds. The van der Waals surface area contributed by atoms with Crippen LogP contribution in [0.2, 0.25) is 0 Å². The molecule has 3 heterocycles. The quantitative estimate of drug-likeness (QED) is 0.394. The third-order valence-corrected chi connectivity index (χ3v) is 2.07. The molecule has 0 unspecified atom stereocenters. The summed E-state index contributed by atoms with van der Waals surface area (Å²) in [5.74, 6) is -4.25. The van der Waals surface area contributed by atoms with Crippen molar-refractivity contribution >= 4 is 26.3 Å². The summed E-state index contributed by atoms with van der Waals surface area (Å²) in [4.78, 5) is 46.9. The number of nitrogens with zero attached hydrogens (tertiary/aromatic N) is 3. The van der Waals surface area contributed by atoms with Crippen molar-refractivity contribution in [3.8, 4) is 0 Å². The van der Waals surface area contributed by atoms with Crippen LogP contribution in [0.3, 0.4) is 0 Å². The van der Waals surface area contributed by atoms with Gasteiger partial charge in [-0.25, -0.2) is 15.0 Å². The average molecular weight is 344 g/mol. The van der Waals surface area contributed by atoms with Gasteiger partial charge >= 0.3 is 8.41 Å². The fourth-order valence-electron chi connectivity index (χ4n) is 1.13. The number of carboxylic acid groups (broad SMARTS) is 3. The van der Waals surface area contributed by atoms with E-state index < -0.39 is 17.9 Å². The average Bonchev–Trinajstić information content (AvgIpc) is 3.29. The van der Waals surface area contributed by atoms with E-state index in [9.17, 15) is 29.7 Å². The number of carbonyl (C=O) groups excluding carboxylic acids is 3. The number of hydrogen-bond donors (Lipinski definition) is 3. The van der Waals surface area contributed by atoms with Gasteiger partial charge in [0.15, 0.2) is 17.5 Å². The molecule has 0 fully saturated rings. The maximum absolute atomic E-state index is 9.86. The third kappa shape index (κ3) is 7.78. The Balaban J connectivity index is 0.000000339. The van der Waals surface area contributed by atoms with Gasteiger partial charge in [0.05, 0.1) is 0 Å². The minimum Gasteiger partial charge on any atom is -0.542 e. The Labute approximate surface area is 141 Å². The van der Waals surface area contributed by atoms with Crippen LogP contribution < -0.4 is 15.3 Å².